The Morgan fingerprint density at radius 2 is 2.11 bits per heavy atom. The largest absolute Gasteiger partial charge is 0.481 e. The first-order valence-electron chi connectivity index (χ1n) is 7.13. The molecule has 5 nitrogen and oxygen atoms in total. The van der Waals surface area contributed by atoms with E-state index in [1.54, 1.807) is 0 Å². The average molecular weight is 269 g/mol. The molecule has 2 rings (SSSR count). The fourth-order valence-corrected chi connectivity index (χ4v) is 3.11. The molecule has 0 aromatic heterocycles. The Morgan fingerprint density at radius 3 is 2.58 bits per heavy atom. The predicted octanol–water partition coefficient (Wildman–Crippen LogP) is 1.42. The van der Waals surface area contributed by atoms with E-state index in [1.807, 2.05) is 13.8 Å². The minimum atomic E-state index is -0.835. The molecule has 0 aromatic rings. The zero-order chi connectivity index (χ0) is 14.0. The Morgan fingerprint density at radius 1 is 1.37 bits per heavy atom. The Labute approximate surface area is 113 Å². The van der Waals surface area contributed by atoms with E-state index >= 15 is 0 Å². The molecule has 0 aromatic carbocycles. The second kappa shape index (κ2) is 5.90. The molecule has 0 spiro atoms. The van der Waals surface area contributed by atoms with Gasteiger partial charge in [0.05, 0.1) is 24.0 Å². The molecule has 2 bridgehead atoms. The lowest BCUT2D eigenvalue weighted by molar-refractivity contribution is -0.142. The minimum Gasteiger partial charge on any atom is -0.481 e. The van der Waals surface area contributed by atoms with Crippen molar-refractivity contribution in [1.29, 1.82) is 0 Å². The molecule has 4 atom stereocenters. The van der Waals surface area contributed by atoms with Gasteiger partial charge >= 0.3 is 5.97 Å². The van der Waals surface area contributed by atoms with Gasteiger partial charge in [-0.25, -0.2) is 0 Å². The summed E-state index contributed by atoms with van der Waals surface area (Å²) in [7, 11) is 0. The molecule has 2 aliphatic rings. The van der Waals surface area contributed by atoms with Gasteiger partial charge in [-0.1, -0.05) is 13.8 Å². The van der Waals surface area contributed by atoms with Crippen molar-refractivity contribution in [3.05, 3.63) is 0 Å². The van der Waals surface area contributed by atoms with Crippen molar-refractivity contribution >= 4 is 11.9 Å². The summed E-state index contributed by atoms with van der Waals surface area (Å²) in [6.07, 6.45) is 3.68. The highest BCUT2D eigenvalue weighted by atomic mass is 16.5. The molecule has 2 saturated heterocycles. The van der Waals surface area contributed by atoms with Crippen molar-refractivity contribution in [2.75, 3.05) is 6.54 Å². The standard InChI is InChI=1S/C14H23NO4/c1-8(2)5-9(14(17)18)7-15-13(16)11-6-10-3-4-12(11)19-10/h8-12H,3-7H2,1-2H3,(H,15,16)(H,17,18). The van der Waals surface area contributed by atoms with Crippen LogP contribution in [0.5, 0.6) is 0 Å². The summed E-state index contributed by atoms with van der Waals surface area (Å²) in [5, 5.41) is 11.9. The van der Waals surface area contributed by atoms with Gasteiger partial charge in [0.1, 0.15) is 0 Å². The maximum atomic E-state index is 12.1. The van der Waals surface area contributed by atoms with Crippen molar-refractivity contribution in [1.82, 2.24) is 5.32 Å². The number of amides is 1. The Bertz CT molecular complexity index is 355. The monoisotopic (exact) mass is 269 g/mol. The number of fused-ring (bicyclic) bond motifs is 2. The topological polar surface area (TPSA) is 75.6 Å². The second-order valence-electron chi connectivity index (χ2n) is 6.13. The molecule has 5 heteroatoms. The fourth-order valence-electron chi connectivity index (χ4n) is 3.11. The van der Waals surface area contributed by atoms with Gasteiger partial charge in [-0.3, -0.25) is 9.59 Å². The van der Waals surface area contributed by atoms with Gasteiger partial charge in [-0.15, -0.1) is 0 Å². The van der Waals surface area contributed by atoms with Gasteiger partial charge in [0.15, 0.2) is 0 Å². The molecule has 0 saturated carbocycles. The van der Waals surface area contributed by atoms with E-state index in [1.165, 1.54) is 0 Å². The SMILES string of the molecule is CC(C)CC(CNC(=O)C1CC2CCC1O2)C(=O)O. The number of aliphatic carboxylic acids is 1. The van der Waals surface area contributed by atoms with Crippen molar-refractivity contribution in [3.8, 4) is 0 Å². The Hall–Kier alpha value is -1.10. The lowest BCUT2D eigenvalue weighted by Gasteiger charge is -2.20. The van der Waals surface area contributed by atoms with Crippen molar-refractivity contribution in [3.63, 3.8) is 0 Å². The molecule has 108 valence electrons. The average Bonchev–Trinajstić information content (AvgIpc) is 2.95. The molecule has 0 radical (unpaired) electrons. The van der Waals surface area contributed by atoms with Crippen LogP contribution in [0.25, 0.3) is 0 Å². The van der Waals surface area contributed by atoms with Crippen LogP contribution in [0.1, 0.15) is 39.5 Å². The summed E-state index contributed by atoms with van der Waals surface area (Å²) in [5.74, 6) is -1.14. The number of ether oxygens (including phenoxy) is 1. The summed E-state index contributed by atoms with van der Waals surface area (Å²) < 4.78 is 5.65. The quantitative estimate of drug-likeness (QED) is 0.764. The number of carbonyl (C=O) groups excluding carboxylic acids is 1. The Balaban J connectivity index is 1.80. The second-order valence-corrected chi connectivity index (χ2v) is 6.13. The summed E-state index contributed by atoms with van der Waals surface area (Å²) in [5.41, 5.74) is 0. The Kier molecular flexibility index (Phi) is 4.45. The van der Waals surface area contributed by atoms with Crippen LogP contribution in [0, 0.1) is 17.8 Å². The summed E-state index contributed by atoms with van der Waals surface area (Å²) in [4.78, 5) is 23.2. The zero-order valence-electron chi connectivity index (χ0n) is 11.6. The first-order valence-corrected chi connectivity index (χ1v) is 7.13. The predicted molar refractivity (Wildman–Crippen MR) is 69.6 cm³/mol. The number of carboxylic acid groups (broad SMARTS) is 1. The lowest BCUT2D eigenvalue weighted by Crippen LogP contribution is -2.40. The third-order valence-electron chi connectivity index (χ3n) is 4.07. The van der Waals surface area contributed by atoms with Crippen LogP contribution < -0.4 is 5.32 Å². The molecule has 0 aliphatic carbocycles. The summed E-state index contributed by atoms with van der Waals surface area (Å²) in [6, 6.07) is 0. The van der Waals surface area contributed by atoms with Gasteiger partial charge in [0, 0.05) is 6.54 Å². The van der Waals surface area contributed by atoms with E-state index < -0.39 is 11.9 Å². The van der Waals surface area contributed by atoms with Crippen LogP contribution in [0.3, 0.4) is 0 Å². The van der Waals surface area contributed by atoms with Crippen LogP contribution in [-0.2, 0) is 14.3 Å². The van der Waals surface area contributed by atoms with Gasteiger partial charge in [-0.2, -0.15) is 0 Å². The molecular formula is C14H23NO4. The molecule has 4 unspecified atom stereocenters. The molecule has 19 heavy (non-hydrogen) atoms. The molecular weight excluding hydrogens is 246 g/mol. The van der Waals surface area contributed by atoms with E-state index in [0.29, 0.717) is 12.3 Å². The maximum absolute atomic E-state index is 12.1. The van der Waals surface area contributed by atoms with E-state index in [2.05, 4.69) is 5.32 Å². The highest BCUT2D eigenvalue weighted by Gasteiger charge is 2.44. The highest BCUT2D eigenvalue weighted by molar-refractivity contribution is 5.80. The smallest absolute Gasteiger partial charge is 0.308 e. The van der Waals surface area contributed by atoms with Crippen molar-refractivity contribution in [2.45, 2.75) is 51.7 Å². The van der Waals surface area contributed by atoms with Gasteiger partial charge in [-0.05, 0) is 31.6 Å². The molecule has 2 N–H and O–H groups in total. The normalized spacial score (nSPS) is 30.6. The number of carboxylic acids is 1. The molecule has 1 amide bonds. The van der Waals surface area contributed by atoms with E-state index in [4.69, 9.17) is 9.84 Å². The van der Waals surface area contributed by atoms with Crippen LogP contribution in [0.15, 0.2) is 0 Å². The number of carbonyl (C=O) groups is 2. The first kappa shape index (κ1) is 14.3. The first-order chi connectivity index (χ1) is 8.97. The molecule has 2 heterocycles. The lowest BCUT2D eigenvalue weighted by atomic mass is 9.88. The van der Waals surface area contributed by atoms with Crippen molar-refractivity contribution < 1.29 is 19.4 Å². The number of nitrogens with one attached hydrogen (secondary N) is 1. The maximum Gasteiger partial charge on any atom is 0.308 e. The van der Waals surface area contributed by atoms with Gasteiger partial charge < -0.3 is 15.2 Å². The highest BCUT2D eigenvalue weighted by Crippen LogP contribution is 2.38. The number of hydrogen-bond donors (Lipinski definition) is 2. The van der Waals surface area contributed by atoms with E-state index in [9.17, 15) is 9.59 Å². The zero-order valence-corrected chi connectivity index (χ0v) is 11.6. The van der Waals surface area contributed by atoms with E-state index in [-0.39, 0.29) is 30.6 Å². The van der Waals surface area contributed by atoms with Gasteiger partial charge in [0.25, 0.3) is 0 Å². The number of rotatable bonds is 6. The fraction of sp³-hybridized carbons (Fsp3) is 0.857. The molecule has 2 fully saturated rings. The van der Waals surface area contributed by atoms with Crippen LogP contribution in [-0.4, -0.2) is 35.7 Å². The van der Waals surface area contributed by atoms with Crippen LogP contribution >= 0.6 is 0 Å². The molecule has 2 aliphatic heterocycles. The van der Waals surface area contributed by atoms with Gasteiger partial charge in [0.2, 0.25) is 5.91 Å². The van der Waals surface area contributed by atoms with Crippen molar-refractivity contribution in [2.24, 2.45) is 17.8 Å². The summed E-state index contributed by atoms with van der Waals surface area (Å²) >= 11 is 0. The summed E-state index contributed by atoms with van der Waals surface area (Å²) in [6.45, 7) is 4.20. The van der Waals surface area contributed by atoms with Crippen LogP contribution in [0.4, 0.5) is 0 Å². The number of hydrogen-bond acceptors (Lipinski definition) is 3. The third kappa shape index (κ3) is 3.47. The third-order valence-corrected chi connectivity index (χ3v) is 4.07. The van der Waals surface area contributed by atoms with Crippen LogP contribution in [0.2, 0.25) is 0 Å². The van der Waals surface area contributed by atoms with E-state index in [0.717, 1.165) is 19.3 Å². The minimum absolute atomic E-state index is 0.0396.